The van der Waals surface area contributed by atoms with Crippen molar-refractivity contribution in [2.24, 2.45) is 0 Å². The Balaban J connectivity index is 1.41. The van der Waals surface area contributed by atoms with E-state index in [1.54, 1.807) is 0 Å². The highest BCUT2D eigenvalue weighted by Crippen LogP contribution is 2.32. The minimum absolute atomic E-state index is 0.279. The minimum Gasteiger partial charge on any atom is -0.454 e. The molecular weight excluding hydrogens is 368 g/mol. The Morgan fingerprint density at radius 3 is 2.59 bits per heavy atom. The average molecular weight is 390 g/mol. The molecule has 7 nitrogen and oxygen atoms in total. The summed E-state index contributed by atoms with van der Waals surface area (Å²) in [5.74, 6) is 3.99. The van der Waals surface area contributed by atoms with E-state index in [1.807, 2.05) is 54.6 Å². The summed E-state index contributed by atoms with van der Waals surface area (Å²) in [6.07, 6.45) is 0. The molecule has 0 bridgehead atoms. The predicted molar refractivity (Wildman–Crippen MR) is 110 cm³/mol. The summed E-state index contributed by atoms with van der Waals surface area (Å²) in [6.45, 7) is 3.99. The maximum Gasteiger partial charge on any atom is 0.231 e. The Labute approximate surface area is 169 Å². The molecule has 0 unspecified atom stereocenters. The molecular formula is C22H22N4O3. The summed E-state index contributed by atoms with van der Waals surface area (Å²) >= 11 is 0. The van der Waals surface area contributed by atoms with Gasteiger partial charge in [0.2, 0.25) is 6.79 Å². The molecule has 0 radical (unpaired) electrons. The van der Waals surface area contributed by atoms with Crippen molar-refractivity contribution in [3.8, 4) is 22.9 Å². The molecule has 0 amide bonds. The first-order valence-corrected chi connectivity index (χ1v) is 9.75. The van der Waals surface area contributed by atoms with E-state index in [-0.39, 0.29) is 6.79 Å². The van der Waals surface area contributed by atoms with Gasteiger partial charge in [0.15, 0.2) is 17.3 Å². The summed E-state index contributed by atoms with van der Waals surface area (Å²) in [5.41, 5.74) is 2.09. The fraction of sp³-hybridized carbons (Fsp3) is 0.273. The topological polar surface area (TPSA) is 68.7 Å². The van der Waals surface area contributed by atoms with E-state index in [4.69, 9.17) is 24.2 Å². The number of ether oxygens (including phenoxy) is 3. The van der Waals surface area contributed by atoms with Gasteiger partial charge in [-0.05, 0) is 17.7 Å². The summed E-state index contributed by atoms with van der Waals surface area (Å²) < 4.78 is 16.3. The number of hydrogen-bond donors (Lipinski definition) is 1. The van der Waals surface area contributed by atoms with Crippen LogP contribution in [0, 0.1) is 0 Å². The molecule has 2 aliphatic heterocycles. The van der Waals surface area contributed by atoms with Crippen LogP contribution in [0.2, 0.25) is 0 Å². The number of fused-ring (bicyclic) bond motifs is 1. The van der Waals surface area contributed by atoms with Crippen LogP contribution in [-0.4, -0.2) is 43.1 Å². The number of aromatic nitrogens is 2. The van der Waals surface area contributed by atoms with Gasteiger partial charge in [0, 0.05) is 31.3 Å². The van der Waals surface area contributed by atoms with Gasteiger partial charge in [-0.15, -0.1) is 0 Å². The Morgan fingerprint density at radius 1 is 0.897 bits per heavy atom. The molecule has 1 N–H and O–H groups in total. The Morgan fingerprint density at radius 2 is 1.72 bits per heavy atom. The Bertz CT molecular complexity index is 991. The number of anilines is 2. The van der Waals surface area contributed by atoms with Crippen LogP contribution < -0.4 is 19.7 Å². The van der Waals surface area contributed by atoms with Gasteiger partial charge in [-0.1, -0.05) is 36.4 Å². The second-order valence-corrected chi connectivity index (χ2v) is 6.94. The number of benzene rings is 2. The number of hydrogen-bond acceptors (Lipinski definition) is 7. The molecule has 3 heterocycles. The van der Waals surface area contributed by atoms with Gasteiger partial charge >= 0.3 is 0 Å². The maximum atomic E-state index is 5.49. The summed E-state index contributed by atoms with van der Waals surface area (Å²) in [7, 11) is 0. The molecule has 0 spiro atoms. The molecule has 3 aromatic rings. The van der Waals surface area contributed by atoms with Crippen LogP contribution in [-0.2, 0) is 11.3 Å². The summed E-state index contributed by atoms with van der Waals surface area (Å²) in [6, 6.07) is 18.0. The molecule has 5 rings (SSSR count). The number of nitrogens with one attached hydrogen (secondary N) is 1. The molecule has 1 saturated heterocycles. The van der Waals surface area contributed by atoms with Crippen molar-refractivity contribution in [1.82, 2.24) is 9.97 Å². The average Bonchev–Trinajstić information content (AvgIpc) is 3.27. The largest absolute Gasteiger partial charge is 0.454 e. The quantitative estimate of drug-likeness (QED) is 0.717. The smallest absolute Gasteiger partial charge is 0.231 e. The molecule has 1 fully saturated rings. The fourth-order valence-electron chi connectivity index (χ4n) is 3.44. The molecule has 0 saturated carbocycles. The van der Waals surface area contributed by atoms with E-state index in [2.05, 4.69) is 10.2 Å². The number of morpholine rings is 1. The van der Waals surface area contributed by atoms with E-state index in [0.717, 1.165) is 47.4 Å². The lowest BCUT2D eigenvalue weighted by atomic mass is 10.2. The highest BCUT2D eigenvalue weighted by atomic mass is 16.7. The third-order valence-electron chi connectivity index (χ3n) is 4.99. The lowest BCUT2D eigenvalue weighted by molar-refractivity contribution is 0.122. The van der Waals surface area contributed by atoms with E-state index in [1.165, 1.54) is 0 Å². The number of rotatable bonds is 5. The Kier molecular flexibility index (Phi) is 4.88. The van der Waals surface area contributed by atoms with Crippen molar-refractivity contribution >= 4 is 11.6 Å². The van der Waals surface area contributed by atoms with Crippen LogP contribution in [0.1, 0.15) is 5.56 Å². The lowest BCUT2D eigenvalue weighted by Crippen LogP contribution is -2.36. The van der Waals surface area contributed by atoms with Crippen molar-refractivity contribution in [3.63, 3.8) is 0 Å². The highest BCUT2D eigenvalue weighted by molar-refractivity contribution is 5.62. The molecule has 0 atom stereocenters. The molecule has 2 aromatic carbocycles. The van der Waals surface area contributed by atoms with Crippen LogP contribution in [0.3, 0.4) is 0 Å². The SMILES string of the molecule is c1ccc(-c2nc(NCc3ccc4c(c3)OCO4)cc(N3CCOCC3)n2)cc1. The first-order chi connectivity index (χ1) is 14.3. The van der Waals surface area contributed by atoms with E-state index >= 15 is 0 Å². The van der Waals surface area contributed by atoms with Crippen LogP contribution >= 0.6 is 0 Å². The first kappa shape index (κ1) is 17.8. The maximum absolute atomic E-state index is 5.49. The fourth-order valence-corrected chi connectivity index (χ4v) is 3.44. The monoisotopic (exact) mass is 390 g/mol. The second kappa shape index (κ2) is 7.97. The van der Waals surface area contributed by atoms with Crippen LogP contribution in [0.15, 0.2) is 54.6 Å². The van der Waals surface area contributed by atoms with E-state index < -0.39 is 0 Å². The van der Waals surface area contributed by atoms with Crippen LogP contribution in [0.25, 0.3) is 11.4 Å². The lowest BCUT2D eigenvalue weighted by Gasteiger charge is -2.28. The summed E-state index contributed by atoms with van der Waals surface area (Å²) in [5, 5.41) is 3.44. The highest BCUT2D eigenvalue weighted by Gasteiger charge is 2.16. The molecule has 2 aliphatic rings. The van der Waals surface area contributed by atoms with Crippen molar-refractivity contribution in [2.75, 3.05) is 43.3 Å². The van der Waals surface area contributed by atoms with E-state index in [0.29, 0.717) is 25.6 Å². The molecule has 29 heavy (non-hydrogen) atoms. The van der Waals surface area contributed by atoms with Gasteiger partial charge in [-0.2, -0.15) is 0 Å². The zero-order valence-electron chi connectivity index (χ0n) is 16.0. The van der Waals surface area contributed by atoms with Crippen molar-refractivity contribution < 1.29 is 14.2 Å². The van der Waals surface area contributed by atoms with Crippen LogP contribution in [0.4, 0.5) is 11.6 Å². The zero-order chi connectivity index (χ0) is 19.5. The molecule has 0 aliphatic carbocycles. The van der Waals surface area contributed by atoms with E-state index in [9.17, 15) is 0 Å². The van der Waals surface area contributed by atoms with Gasteiger partial charge in [0.1, 0.15) is 11.6 Å². The van der Waals surface area contributed by atoms with Crippen LogP contribution in [0.5, 0.6) is 11.5 Å². The zero-order valence-corrected chi connectivity index (χ0v) is 16.0. The van der Waals surface area contributed by atoms with Crippen molar-refractivity contribution in [2.45, 2.75) is 6.54 Å². The summed E-state index contributed by atoms with van der Waals surface area (Å²) in [4.78, 5) is 11.8. The second-order valence-electron chi connectivity index (χ2n) is 6.94. The predicted octanol–water partition coefficient (Wildman–Crippen LogP) is 3.32. The third kappa shape index (κ3) is 3.95. The van der Waals surface area contributed by atoms with Gasteiger partial charge in [-0.25, -0.2) is 9.97 Å². The van der Waals surface area contributed by atoms with Gasteiger partial charge in [0.05, 0.1) is 13.2 Å². The van der Waals surface area contributed by atoms with Crippen molar-refractivity contribution in [1.29, 1.82) is 0 Å². The third-order valence-corrected chi connectivity index (χ3v) is 4.99. The Hall–Kier alpha value is -3.32. The van der Waals surface area contributed by atoms with Gasteiger partial charge < -0.3 is 24.4 Å². The van der Waals surface area contributed by atoms with Crippen molar-refractivity contribution in [3.05, 3.63) is 60.2 Å². The van der Waals surface area contributed by atoms with Gasteiger partial charge in [-0.3, -0.25) is 0 Å². The molecule has 148 valence electrons. The minimum atomic E-state index is 0.279. The normalized spacial score (nSPS) is 15.4. The standard InChI is InChI=1S/C22H22N4O3/c1-2-4-17(5-3-1)22-24-20(13-21(25-22)26-8-10-27-11-9-26)23-14-16-6-7-18-19(12-16)29-15-28-18/h1-7,12-13H,8-11,14-15H2,(H,23,24,25). The van der Waals surface area contributed by atoms with Gasteiger partial charge in [0.25, 0.3) is 0 Å². The molecule has 7 heteroatoms. The molecule has 1 aromatic heterocycles. The first-order valence-electron chi connectivity index (χ1n) is 9.75. The number of nitrogens with zero attached hydrogens (tertiary/aromatic N) is 3.